The maximum absolute atomic E-state index is 4.93. The Morgan fingerprint density at radius 1 is 1.62 bits per heavy atom. The van der Waals surface area contributed by atoms with Crippen molar-refractivity contribution in [2.75, 3.05) is 13.7 Å². The summed E-state index contributed by atoms with van der Waals surface area (Å²) in [6.45, 7) is 2.93. The molecule has 0 unspecified atom stereocenters. The van der Waals surface area contributed by atoms with Crippen molar-refractivity contribution < 1.29 is 4.74 Å². The summed E-state index contributed by atoms with van der Waals surface area (Å²) in [7, 11) is 1.70. The lowest BCUT2D eigenvalue weighted by Crippen LogP contribution is -1.89. The van der Waals surface area contributed by atoms with Crippen LogP contribution in [0, 0.1) is 0 Å². The summed E-state index contributed by atoms with van der Waals surface area (Å²) in [6.07, 6.45) is 3.78. The third-order valence-corrected chi connectivity index (χ3v) is 0.796. The average Bonchev–Trinajstić information content (AvgIpc) is 1.81. The number of rotatable bonds is 4. The molecule has 0 atom stereocenters. The first-order valence-electron chi connectivity index (χ1n) is 2.94. The maximum atomic E-state index is 4.93. The second-order valence-electron chi connectivity index (χ2n) is 1.59. The van der Waals surface area contributed by atoms with E-state index in [2.05, 4.69) is 11.9 Å². The van der Waals surface area contributed by atoms with Gasteiger partial charge in [-0.05, 0) is 6.42 Å². The van der Waals surface area contributed by atoms with Crippen LogP contribution in [0.3, 0.4) is 0 Å². The van der Waals surface area contributed by atoms with Gasteiger partial charge in [0.1, 0.15) is 0 Å². The number of hydrogen-bond donors (Lipinski definition) is 0. The highest BCUT2D eigenvalue weighted by Gasteiger charge is 1.77. The molecule has 0 saturated heterocycles. The minimum atomic E-state index is 0.799. The van der Waals surface area contributed by atoms with E-state index in [0.717, 1.165) is 13.0 Å². The molecular formula is C6H13NO. The fourth-order valence-electron chi connectivity index (χ4n) is 0.355. The lowest BCUT2D eigenvalue weighted by atomic mass is 10.4. The lowest BCUT2D eigenvalue weighted by Gasteiger charge is -1.93. The second kappa shape index (κ2) is 6.47. The Balaban J connectivity index is 2.72. The van der Waals surface area contributed by atoms with Crippen LogP contribution in [0.15, 0.2) is 4.99 Å². The average molecular weight is 115 g/mol. The van der Waals surface area contributed by atoms with Crippen LogP contribution in [0.1, 0.15) is 19.8 Å². The summed E-state index contributed by atoms with van der Waals surface area (Å²) in [6, 6.07) is 0. The van der Waals surface area contributed by atoms with Gasteiger partial charge < -0.3 is 4.74 Å². The fraction of sp³-hybridized carbons (Fsp3) is 0.833. The van der Waals surface area contributed by atoms with E-state index in [4.69, 9.17) is 4.74 Å². The van der Waals surface area contributed by atoms with Crippen LogP contribution < -0.4 is 0 Å². The summed E-state index contributed by atoms with van der Waals surface area (Å²) in [5, 5.41) is 0. The highest BCUT2D eigenvalue weighted by atomic mass is 16.5. The van der Waals surface area contributed by atoms with Gasteiger partial charge in [0.05, 0.1) is 6.61 Å². The van der Waals surface area contributed by atoms with Crippen molar-refractivity contribution in [2.24, 2.45) is 4.99 Å². The van der Waals surface area contributed by atoms with E-state index in [1.54, 1.807) is 7.05 Å². The van der Waals surface area contributed by atoms with Gasteiger partial charge in [-0.25, -0.2) is 0 Å². The number of nitrogens with zero attached hydrogens (tertiary/aromatic N) is 1. The summed E-state index contributed by atoms with van der Waals surface area (Å²) in [5.41, 5.74) is 0. The molecule has 0 bridgehead atoms. The van der Waals surface area contributed by atoms with Crippen LogP contribution >= 0.6 is 0 Å². The van der Waals surface area contributed by atoms with Crippen molar-refractivity contribution in [2.45, 2.75) is 19.8 Å². The minimum absolute atomic E-state index is 0.799. The number of unbranched alkanes of at least 4 members (excludes halogenated alkanes) is 1. The summed E-state index contributed by atoms with van der Waals surface area (Å²) < 4.78 is 4.93. The molecule has 2 heteroatoms. The molecular weight excluding hydrogens is 102 g/mol. The topological polar surface area (TPSA) is 21.6 Å². The highest BCUT2D eigenvalue weighted by Crippen LogP contribution is 1.84. The number of ether oxygens (including phenoxy) is 1. The SMILES string of the molecule is CCCCOC=NC. The first kappa shape index (κ1) is 7.47. The molecule has 0 aliphatic carbocycles. The van der Waals surface area contributed by atoms with Gasteiger partial charge in [-0.2, -0.15) is 0 Å². The molecule has 2 nitrogen and oxygen atoms in total. The zero-order valence-corrected chi connectivity index (χ0v) is 5.55. The number of hydrogen-bond acceptors (Lipinski definition) is 2. The van der Waals surface area contributed by atoms with Crippen molar-refractivity contribution >= 4 is 6.40 Å². The molecule has 0 rings (SSSR count). The molecule has 0 spiro atoms. The normalized spacial score (nSPS) is 10.2. The van der Waals surface area contributed by atoms with Gasteiger partial charge >= 0.3 is 0 Å². The van der Waals surface area contributed by atoms with Gasteiger partial charge in [0.15, 0.2) is 6.40 Å². The van der Waals surface area contributed by atoms with Crippen molar-refractivity contribution in [1.82, 2.24) is 0 Å². The van der Waals surface area contributed by atoms with Crippen LogP contribution in [0.2, 0.25) is 0 Å². The Hall–Kier alpha value is -0.530. The molecule has 0 aromatic carbocycles. The quantitative estimate of drug-likeness (QED) is 0.309. The van der Waals surface area contributed by atoms with Crippen LogP contribution in [-0.2, 0) is 4.74 Å². The Labute approximate surface area is 50.6 Å². The molecule has 0 aliphatic rings. The smallest absolute Gasteiger partial charge is 0.169 e. The van der Waals surface area contributed by atoms with Gasteiger partial charge in [-0.15, -0.1) is 0 Å². The summed E-state index contributed by atoms with van der Waals surface area (Å²) >= 11 is 0. The Kier molecular flexibility index (Phi) is 6.04. The summed E-state index contributed by atoms with van der Waals surface area (Å²) in [4.78, 5) is 3.66. The molecule has 0 aromatic heterocycles. The van der Waals surface area contributed by atoms with Gasteiger partial charge in [-0.3, -0.25) is 4.99 Å². The van der Waals surface area contributed by atoms with Crippen molar-refractivity contribution in [3.63, 3.8) is 0 Å². The zero-order valence-electron chi connectivity index (χ0n) is 5.55. The van der Waals surface area contributed by atoms with E-state index in [-0.39, 0.29) is 0 Å². The highest BCUT2D eigenvalue weighted by molar-refractivity contribution is 5.45. The standard InChI is InChI=1S/C6H13NO/c1-3-4-5-8-6-7-2/h6H,3-5H2,1-2H3. The third-order valence-electron chi connectivity index (χ3n) is 0.796. The largest absolute Gasteiger partial charge is 0.484 e. The molecule has 0 aliphatic heterocycles. The first-order valence-corrected chi connectivity index (χ1v) is 2.94. The van der Waals surface area contributed by atoms with Crippen molar-refractivity contribution in [3.8, 4) is 0 Å². The first-order chi connectivity index (χ1) is 3.91. The van der Waals surface area contributed by atoms with Gasteiger partial charge in [0.2, 0.25) is 0 Å². The summed E-state index contributed by atoms with van der Waals surface area (Å²) in [5.74, 6) is 0. The molecule has 0 radical (unpaired) electrons. The van der Waals surface area contributed by atoms with Crippen molar-refractivity contribution in [1.29, 1.82) is 0 Å². The minimum Gasteiger partial charge on any atom is -0.484 e. The molecule has 8 heavy (non-hydrogen) atoms. The van der Waals surface area contributed by atoms with Crippen LogP contribution in [0.25, 0.3) is 0 Å². The van der Waals surface area contributed by atoms with E-state index in [0.29, 0.717) is 0 Å². The second-order valence-corrected chi connectivity index (χ2v) is 1.59. The van der Waals surface area contributed by atoms with E-state index in [9.17, 15) is 0 Å². The molecule has 0 amide bonds. The van der Waals surface area contributed by atoms with Gasteiger partial charge in [-0.1, -0.05) is 13.3 Å². The Morgan fingerprint density at radius 2 is 2.38 bits per heavy atom. The molecule has 48 valence electrons. The maximum Gasteiger partial charge on any atom is 0.169 e. The van der Waals surface area contributed by atoms with E-state index in [1.165, 1.54) is 12.8 Å². The predicted molar refractivity (Wildman–Crippen MR) is 35.3 cm³/mol. The fourth-order valence-corrected chi connectivity index (χ4v) is 0.355. The van der Waals surface area contributed by atoms with Crippen molar-refractivity contribution in [3.05, 3.63) is 0 Å². The predicted octanol–water partition coefficient (Wildman–Crippen LogP) is 1.46. The molecule has 0 saturated carbocycles. The Bertz CT molecular complexity index is 61.5. The van der Waals surface area contributed by atoms with Crippen LogP contribution in [-0.4, -0.2) is 20.1 Å². The molecule has 0 N–H and O–H groups in total. The van der Waals surface area contributed by atoms with E-state index >= 15 is 0 Å². The molecule has 0 fully saturated rings. The van der Waals surface area contributed by atoms with Gasteiger partial charge in [0.25, 0.3) is 0 Å². The third kappa shape index (κ3) is 5.47. The monoisotopic (exact) mass is 115 g/mol. The molecule has 0 heterocycles. The van der Waals surface area contributed by atoms with E-state index in [1.807, 2.05) is 0 Å². The van der Waals surface area contributed by atoms with Crippen LogP contribution in [0.4, 0.5) is 0 Å². The van der Waals surface area contributed by atoms with E-state index < -0.39 is 0 Å². The lowest BCUT2D eigenvalue weighted by molar-refractivity contribution is 0.311. The zero-order chi connectivity index (χ0) is 6.24. The van der Waals surface area contributed by atoms with Gasteiger partial charge in [0, 0.05) is 7.05 Å². The Morgan fingerprint density at radius 3 is 2.88 bits per heavy atom. The van der Waals surface area contributed by atoms with Crippen LogP contribution in [0.5, 0.6) is 0 Å². The number of aliphatic imine (C=N–C) groups is 1. The molecule has 0 aromatic rings.